The van der Waals surface area contributed by atoms with Crippen LogP contribution in [0.2, 0.25) is 0 Å². The normalized spacial score (nSPS) is 12.6. The molecule has 0 fully saturated rings. The third-order valence-electron chi connectivity index (χ3n) is 2.35. The van der Waals surface area contributed by atoms with E-state index in [1.165, 1.54) is 12.8 Å². The molecular weight excluding hydrogens is 206 g/mol. The van der Waals surface area contributed by atoms with Gasteiger partial charge >= 0.3 is 0 Å². The first-order valence-electron chi connectivity index (χ1n) is 5.48. The third kappa shape index (κ3) is 4.04. The summed E-state index contributed by atoms with van der Waals surface area (Å²) in [4.78, 5) is 0.786. The monoisotopic (exact) mass is 225 g/mol. The van der Waals surface area contributed by atoms with Gasteiger partial charge in [-0.25, -0.2) is 0 Å². The van der Waals surface area contributed by atoms with Crippen molar-refractivity contribution in [3.63, 3.8) is 0 Å². The molecule has 0 spiro atoms. The van der Waals surface area contributed by atoms with E-state index in [2.05, 4.69) is 6.92 Å². The highest BCUT2D eigenvalue weighted by Crippen LogP contribution is 2.16. The van der Waals surface area contributed by atoms with E-state index < -0.39 is 10.8 Å². The van der Waals surface area contributed by atoms with Crippen molar-refractivity contribution in [3.8, 4) is 0 Å². The summed E-state index contributed by atoms with van der Waals surface area (Å²) < 4.78 is 11.9. The standard InChI is InChI=1S/C12H19NOS/c1-2-3-4-7-10-15(14)12-9-6-5-8-11(12)13/h5-6,8-9H,2-4,7,10,13H2,1H3. The van der Waals surface area contributed by atoms with Crippen molar-refractivity contribution in [3.05, 3.63) is 24.3 Å². The third-order valence-corrected chi connectivity index (χ3v) is 3.87. The largest absolute Gasteiger partial charge is 0.398 e. The molecule has 0 amide bonds. The molecule has 2 nitrogen and oxygen atoms in total. The summed E-state index contributed by atoms with van der Waals surface area (Å²) in [5, 5.41) is 0. The van der Waals surface area contributed by atoms with Crippen molar-refractivity contribution in [2.45, 2.75) is 37.5 Å². The number of unbranched alkanes of at least 4 members (excludes halogenated alkanes) is 3. The second-order valence-corrected chi connectivity index (χ2v) is 5.19. The van der Waals surface area contributed by atoms with Crippen LogP contribution in [-0.4, -0.2) is 9.96 Å². The van der Waals surface area contributed by atoms with Gasteiger partial charge in [-0.1, -0.05) is 38.3 Å². The van der Waals surface area contributed by atoms with E-state index in [1.807, 2.05) is 18.2 Å². The van der Waals surface area contributed by atoms with Crippen molar-refractivity contribution in [2.24, 2.45) is 0 Å². The first-order chi connectivity index (χ1) is 7.25. The van der Waals surface area contributed by atoms with Crippen LogP contribution in [0.5, 0.6) is 0 Å². The van der Waals surface area contributed by atoms with Crippen LogP contribution in [0, 0.1) is 0 Å². The second kappa shape index (κ2) is 6.62. The molecule has 0 aliphatic carbocycles. The van der Waals surface area contributed by atoms with Crippen molar-refractivity contribution < 1.29 is 4.21 Å². The molecule has 1 aromatic rings. The topological polar surface area (TPSA) is 43.1 Å². The number of anilines is 1. The van der Waals surface area contributed by atoms with Gasteiger partial charge in [0.15, 0.2) is 0 Å². The number of nitrogen functional groups attached to an aromatic ring is 1. The quantitative estimate of drug-likeness (QED) is 0.597. The van der Waals surface area contributed by atoms with Crippen molar-refractivity contribution in [2.75, 3.05) is 11.5 Å². The number of para-hydroxylation sites is 1. The molecule has 0 aliphatic rings. The van der Waals surface area contributed by atoms with Crippen molar-refractivity contribution in [1.82, 2.24) is 0 Å². The van der Waals surface area contributed by atoms with Crippen LogP contribution in [-0.2, 0) is 10.8 Å². The lowest BCUT2D eigenvalue weighted by Crippen LogP contribution is -2.01. The molecule has 0 aliphatic heterocycles. The lowest BCUT2D eigenvalue weighted by atomic mass is 10.2. The van der Waals surface area contributed by atoms with Gasteiger partial charge in [0.25, 0.3) is 0 Å². The molecule has 0 bridgehead atoms. The fourth-order valence-corrected chi connectivity index (χ4v) is 2.71. The Balaban J connectivity index is 2.44. The number of nitrogens with two attached hydrogens (primary N) is 1. The molecule has 3 heteroatoms. The van der Waals surface area contributed by atoms with Gasteiger partial charge in [-0.3, -0.25) is 4.21 Å². The van der Waals surface area contributed by atoms with Crippen LogP contribution < -0.4 is 5.73 Å². The molecule has 0 heterocycles. The summed E-state index contributed by atoms with van der Waals surface area (Å²) in [6, 6.07) is 7.41. The number of hydrogen-bond donors (Lipinski definition) is 1. The van der Waals surface area contributed by atoms with Gasteiger partial charge < -0.3 is 5.73 Å². The number of hydrogen-bond acceptors (Lipinski definition) is 2. The number of benzene rings is 1. The zero-order chi connectivity index (χ0) is 11.1. The minimum Gasteiger partial charge on any atom is -0.398 e. The molecule has 0 radical (unpaired) electrons. The Labute approximate surface area is 94.3 Å². The van der Waals surface area contributed by atoms with Crippen LogP contribution in [0.25, 0.3) is 0 Å². The molecular formula is C12H19NOS. The summed E-state index contributed by atoms with van der Waals surface area (Å²) >= 11 is 0. The van der Waals surface area contributed by atoms with Gasteiger partial charge in [0, 0.05) is 11.4 Å². The van der Waals surface area contributed by atoms with Crippen molar-refractivity contribution >= 4 is 16.5 Å². The minimum atomic E-state index is -0.923. The number of rotatable bonds is 6. The average molecular weight is 225 g/mol. The summed E-state index contributed by atoms with van der Waals surface area (Å²) in [6.07, 6.45) is 4.62. The van der Waals surface area contributed by atoms with E-state index in [0.717, 1.165) is 23.5 Å². The Kier molecular flexibility index (Phi) is 5.40. The Hall–Kier alpha value is -0.830. The molecule has 1 unspecified atom stereocenters. The summed E-state index contributed by atoms with van der Waals surface area (Å²) in [6.45, 7) is 2.17. The van der Waals surface area contributed by atoms with Gasteiger partial charge in [-0.2, -0.15) is 0 Å². The molecule has 0 aromatic heterocycles. The van der Waals surface area contributed by atoms with E-state index in [1.54, 1.807) is 6.07 Å². The lowest BCUT2D eigenvalue weighted by Gasteiger charge is -2.04. The van der Waals surface area contributed by atoms with Crippen LogP contribution in [0.1, 0.15) is 32.6 Å². The van der Waals surface area contributed by atoms with Gasteiger partial charge in [0.1, 0.15) is 0 Å². The van der Waals surface area contributed by atoms with Gasteiger partial charge in [-0.15, -0.1) is 0 Å². The first-order valence-corrected chi connectivity index (χ1v) is 6.80. The minimum absolute atomic E-state index is 0.645. The maximum absolute atomic E-state index is 11.9. The molecule has 1 rings (SSSR count). The summed E-state index contributed by atoms with van der Waals surface area (Å²) in [7, 11) is -0.923. The zero-order valence-corrected chi connectivity index (χ0v) is 10.1. The molecule has 0 saturated carbocycles. The molecule has 1 aromatic carbocycles. The van der Waals surface area contributed by atoms with E-state index >= 15 is 0 Å². The van der Waals surface area contributed by atoms with Crippen LogP contribution in [0.15, 0.2) is 29.2 Å². The van der Waals surface area contributed by atoms with Crippen molar-refractivity contribution in [1.29, 1.82) is 0 Å². The Morgan fingerprint density at radius 1 is 1.20 bits per heavy atom. The van der Waals surface area contributed by atoms with E-state index in [-0.39, 0.29) is 0 Å². The van der Waals surface area contributed by atoms with E-state index in [0.29, 0.717) is 5.69 Å². The molecule has 84 valence electrons. The SMILES string of the molecule is CCCCCCS(=O)c1ccccc1N. The second-order valence-electron chi connectivity index (χ2n) is 3.65. The zero-order valence-electron chi connectivity index (χ0n) is 9.24. The fourth-order valence-electron chi connectivity index (χ4n) is 1.46. The van der Waals surface area contributed by atoms with E-state index in [9.17, 15) is 4.21 Å². The lowest BCUT2D eigenvalue weighted by molar-refractivity contribution is 0.668. The maximum Gasteiger partial charge on any atom is 0.0617 e. The van der Waals surface area contributed by atoms with Gasteiger partial charge in [-0.05, 0) is 18.6 Å². The molecule has 1 atom stereocenters. The summed E-state index contributed by atoms with van der Waals surface area (Å²) in [5.74, 6) is 0.730. The smallest absolute Gasteiger partial charge is 0.0617 e. The Morgan fingerprint density at radius 3 is 2.60 bits per heavy atom. The highest BCUT2D eigenvalue weighted by atomic mass is 32.2. The highest BCUT2D eigenvalue weighted by Gasteiger charge is 2.06. The highest BCUT2D eigenvalue weighted by molar-refractivity contribution is 7.85. The fraction of sp³-hybridized carbons (Fsp3) is 0.500. The predicted molar refractivity (Wildman–Crippen MR) is 66.3 cm³/mol. The van der Waals surface area contributed by atoms with Crippen LogP contribution in [0.4, 0.5) is 5.69 Å². The van der Waals surface area contributed by atoms with Gasteiger partial charge in [0.2, 0.25) is 0 Å². The predicted octanol–water partition coefficient (Wildman–Crippen LogP) is 2.96. The van der Waals surface area contributed by atoms with Crippen LogP contribution >= 0.6 is 0 Å². The molecule has 0 saturated heterocycles. The van der Waals surface area contributed by atoms with Gasteiger partial charge in [0.05, 0.1) is 15.7 Å². The summed E-state index contributed by atoms with van der Waals surface area (Å²) in [5.41, 5.74) is 6.40. The molecule has 15 heavy (non-hydrogen) atoms. The van der Waals surface area contributed by atoms with Crippen LogP contribution in [0.3, 0.4) is 0 Å². The Morgan fingerprint density at radius 2 is 1.93 bits per heavy atom. The average Bonchev–Trinajstić information content (AvgIpc) is 2.25. The maximum atomic E-state index is 11.9. The molecule has 2 N–H and O–H groups in total. The first kappa shape index (κ1) is 12.2. The Bertz CT molecular complexity index is 325. The van der Waals surface area contributed by atoms with E-state index in [4.69, 9.17) is 5.73 Å².